The van der Waals surface area contributed by atoms with Crippen LogP contribution in [0.2, 0.25) is 0 Å². The summed E-state index contributed by atoms with van der Waals surface area (Å²) in [4.78, 5) is 21.0. The van der Waals surface area contributed by atoms with Gasteiger partial charge in [0.15, 0.2) is 0 Å². The van der Waals surface area contributed by atoms with Crippen molar-refractivity contribution in [3.8, 4) is 0 Å². The van der Waals surface area contributed by atoms with E-state index in [4.69, 9.17) is 0 Å². The fraction of sp³-hybridized carbons (Fsp3) is 0.600. The van der Waals surface area contributed by atoms with Gasteiger partial charge in [-0.05, 0) is 49.0 Å². The van der Waals surface area contributed by atoms with Crippen LogP contribution in [0.15, 0.2) is 22.8 Å². The highest BCUT2D eigenvalue weighted by molar-refractivity contribution is 9.10. The molecule has 1 aromatic rings. The summed E-state index contributed by atoms with van der Waals surface area (Å²) < 4.78 is 0.872. The standard InChI is InChI=1S/C15H23BrN4O/c1-15(2,20-8-6-19(3)7-9-20)11-18-14(21)13-5-4-12(16)10-17-13/h4-5,10H,6-9,11H2,1-3H3,(H,18,21). The molecule has 0 bridgehead atoms. The van der Waals surface area contributed by atoms with Gasteiger partial charge in [0.1, 0.15) is 5.69 Å². The number of likely N-dealkylation sites (N-methyl/N-ethyl adjacent to an activating group) is 1. The molecular weight excluding hydrogens is 332 g/mol. The highest BCUT2D eigenvalue weighted by Crippen LogP contribution is 2.16. The molecular formula is C15H23BrN4O. The summed E-state index contributed by atoms with van der Waals surface area (Å²) in [5, 5.41) is 3.00. The van der Waals surface area contributed by atoms with E-state index in [1.807, 2.05) is 6.07 Å². The van der Waals surface area contributed by atoms with E-state index in [0.29, 0.717) is 12.2 Å². The fourth-order valence-electron chi connectivity index (χ4n) is 2.42. The quantitative estimate of drug-likeness (QED) is 0.892. The van der Waals surface area contributed by atoms with Crippen molar-refractivity contribution in [2.24, 2.45) is 0 Å². The highest BCUT2D eigenvalue weighted by atomic mass is 79.9. The van der Waals surface area contributed by atoms with E-state index >= 15 is 0 Å². The van der Waals surface area contributed by atoms with Gasteiger partial charge in [-0.2, -0.15) is 0 Å². The number of nitrogens with zero attached hydrogens (tertiary/aromatic N) is 3. The van der Waals surface area contributed by atoms with Gasteiger partial charge in [0.2, 0.25) is 0 Å². The van der Waals surface area contributed by atoms with Crippen molar-refractivity contribution in [3.05, 3.63) is 28.5 Å². The van der Waals surface area contributed by atoms with Gasteiger partial charge in [-0.15, -0.1) is 0 Å². The van der Waals surface area contributed by atoms with E-state index in [2.05, 4.69) is 56.9 Å². The Kier molecular flexibility index (Phi) is 5.35. The van der Waals surface area contributed by atoms with Crippen LogP contribution in [0.3, 0.4) is 0 Å². The van der Waals surface area contributed by atoms with E-state index in [0.717, 1.165) is 30.7 Å². The first kappa shape index (κ1) is 16.4. The molecule has 0 aromatic carbocycles. The number of hydrogen-bond donors (Lipinski definition) is 1. The lowest BCUT2D eigenvalue weighted by Gasteiger charge is -2.43. The number of piperazine rings is 1. The minimum Gasteiger partial charge on any atom is -0.349 e. The normalized spacial score (nSPS) is 17.7. The number of pyridine rings is 1. The Bertz CT molecular complexity index is 481. The molecule has 1 saturated heterocycles. The second-order valence-electron chi connectivity index (χ2n) is 6.15. The third kappa shape index (κ3) is 4.49. The number of hydrogen-bond acceptors (Lipinski definition) is 4. The smallest absolute Gasteiger partial charge is 0.269 e. The zero-order valence-electron chi connectivity index (χ0n) is 12.9. The van der Waals surface area contributed by atoms with Crippen LogP contribution in [0.1, 0.15) is 24.3 Å². The van der Waals surface area contributed by atoms with Crippen LogP contribution < -0.4 is 5.32 Å². The molecule has 0 atom stereocenters. The summed E-state index contributed by atoms with van der Waals surface area (Å²) in [6.07, 6.45) is 1.64. The number of amides is 1. The lowest BCUT2D eigenvalue weighted by molar-refractivity contribution is 0.0587. The molecule has 21 heavy (non-hydrogen) atoms. The predicted molar refractivity (Wildman–Crippen MR) is 87.4 cm³/mol. The van der Waals surface area contributed by atoms with Gasteiger partial charge in [-0.3, -0.25) is 9.69 Å². The van der Waals surface area contributed by atoms with Crippen LogP contribution >= 0.6 is 15.9 Å². The molecule has 1 amide bonds. The number of carbonyl (C=O) groups excluding carboxylic acids is 1. The Morgan fingerprint density at radius 1 is 1.33 bits per heavy atom. The summed E-state index contributed by atoms with van der Waals surface area (Å²) in [5.74, 6) is -0.121. The molecule has 0 aliphatic carbocycles. The van der Waals surface area contributed by atoms with Gasteiger partial charge in [-0.25, -0.2) is 4.98 Å². The second kappa shape index (κ2) is 6.85. The second-order valence-corrected chi connectivity index (χ2v) is 7.06. The van der Waals surface area contributed by atoms with Crippen molar-refractivity contribution >= 4 is 21.8 Å². The largest absolute Gasteiger partial charge is 0.349 e. The molecule has 2 rings (SSSR count). The highest BCUT2D eigenvalue weighted by Gasteiger charge is 2.29. The summed E-state index contributed by atoms with van der Waals surface area (Å²) >= 11 is 3.32. The number of aromatic nitrogens is 1. The first-order valence-electron chi connectivity index (χ1n) is 7.22. The molecule has 6 heteroatoms. The van der Waals surface area contributed by atoms with Gasteiger partial charge in [0.25, 0.3) is 5.91 Å². The molecule has 1 aliphatic rings. The molecule has 1 aliphatic heterocycles. The minimum absolute atomic E-state index is 0.0493. The van der Waals surface area contributed by atoms with Crippen molar-refractivity contribution in [3.63, 3.8) is 0 Å². The first-order chi connectivity index (χ1) is 9.88. The maximum Gasteiger partial charge on any atom is 0.269 e. The molecule has 5 nitrogen and oxygen atoms in total. The van der Waals surface area contributed by atoms with Gasteiger partial charge < -0.3 is 10.2 Å². The summed E-state index contributed by atoms with van der Waals surface area (Å²) in [6, 6.07) is 3.55. The van der Waals surface area contributed by atoms with Gasteiger partial charge >= 0.3 is 0 Å². The van der Waals surface area contributed by atoms with Crippen LogP contribution in [0.4, 0.5) is 0 Å². The van der Waals surface area contributed by atoms with E-state index in [-0.39, 0.29) is 11.4 Å². The molecule has 1 N–H and O–H groups in total. The first-order valence-corrected chi connectivity index (χ1v) is 8.01. The van der Waals surface area contributed by atoms with Gasteiger partial charge in [0.05, 0.1) is 0 Å². The molecule has 1 fully saturated rings. The molecule has 0 saturated carbocycles. The average molecular weight is 355 g/mol. The van der Waals surface area contributed by atoms with Crippen LogP contribution in [-0.2, 0) is 0 Å². The van der Waals surface area contributed by atoms with Crippen LogP contribution in [0.5, 0.6) is 0 Å². The minimum atomic E-state index is -0.121. The molecule has 0 spiro atoms. The SMILES string of the molecule is CN1CCN(C(C)(C)CNC(=O)c2ccc(Br)cn2)CC1. The third-order valence-corrected chi connectivity index (χ3v) is 4.47. The Morgan fingerprint density at radius 2 is 2.00 bits per heavy atom. The van der Waals surface area contributed by atoms with E-state index in [1.165, 1.54) is 0 Å². The van der Waals surface area contributed by atoms with Crippen molar-refractivity contribution in [2.75, 3.05) is 39.8 Å². The number of halogens is 1. The van der Waals surface area contributed by atoms with Crippen LogP contribution in [-0.4, -0.2) is 66.0 Å². The zero-order valence-corrected chi connectivity index (χ0v) is 14.5. The van der Waals surface area contributed by atoms with Crippen molar-refractivity contribution < 1.29 is 4.79 Å². The molecule has 1 aromatic heterocycles. The summed E-state index contributed by atoms with van der Waals surface area (Å²) in [5.41, 5.74) is 0.402. The molecule has 2 heterocycles. The van der Waals surface area contributed by atoms with Crippen molar-refractivity contribution in [2.45, 2.75) is 19.4 Å². The van der Waals surface area contributed by atoms with Crippen molar-refractivity contribution in [1.82, 2.24) is 20.1 Å². The van der Waals surface area contributed by atoms with Crippen molar-refractivity contribution in [1.29, 1.82) is 0 Å². The van der Waals surface area contributed by atoms with E-state index in [9.17, 15) is 4.79 Å². The van der Waals surface area contributed by atoms with E-state index < -0.39 is 0 Å². The lowest BCUT2D eigenvalue weighted by Crippen LogP contribution is -2.57. The number of nitrogens with one attached hydrogen (secondary N) is 1. The Labute approximate surface area is 134 Å². The number of rotatable bonds is 4. The average Bonchev–Trinajstić information content (AvgIpc) is 2.46. The summed E-state index contributed by atoms with van der Waals surface area (Å²) in [7, 11) is 2.14. The number of carbonyl (C=O) groups is 1. The van der Waals surface area contributed by atoms with Crippen LogP contribution in [0.25, 0.3) is 0 Å². The molecule has 0 unspecified atom stereocenters. The Morgan fingerprint density at radius 3 is 2.57 bits per heavy atom. The maximum atomic E-state index is 12.1. The molecule has 116 valence electrons. The van der Waals surface area contributed by atoms with Gasteiger partial charge in [-0.1, -0.05) is 0 Å². The molecule has 0 radical (unpaired) electrons. The van der Waals surface area contributed by atoms with Gasteiger partial charge in [0, 0.05) is 48.9 Å². The lowest BCUT2D eigenvalue weighted by atomic mass is 10.0. The maximum absolute atomic E-state index is 12.1. The van der Waals surface area contributed by atoms with Crippen LogP contribution in [0, 0.1) is 0 Å². The summed E-state index contributed by atoms with van der Waals surface area (Å²) in [6.45, 7) is 9.19. The monoisotopic (exact) mass is 354 g/mol. The topological polar surface area (TPSA) is 48.5 Å². The fourth-order valence-corrected chi connectivity index (χ4v) is 2.66. The van der Waals surface area contributed by atoms with E-state index in [1.54, 1.807) is 12.3 Å². The zero-order chi connectivity index (χ0) is 15.5. The third-order valence-electron chi connectivity index (χ3n) is 4.00. The Hall–Kier alpha value is -0.980. The predicted octanol–water partition coefficient (Wildman–Crippen LogP) is 1.60. The Balaban J connectivity index is 1.88.